The first-order valence-electron chi connectivity index (χ1n) is 10.7. The molecule has 0 radical (unpaired) electrons. The fraction of sp³-hybridized carbons (Fsp3) is 0.619. The van der Waals surface area contributed by atoms with Gasteiger partial charge in [-0.25, -0.2) is 4.98 Å². The minimum absolute atomic E-state index is 0.0565. The fourth-order valence-corrected chi connectivity index (χ4v) is 2.79. The van der Waals surface area contributed by atoms with Crippen molar-refractivity contribution in [2.45, 2.75) is 53.0 Å². The molecule has 0 aliphatic carbocycles. The zero-order valence-corrected chi connectivity index (χ0v) is 18.4. The van der Waals surface area contributed by atoms with Gasteiger partial charge in [0.15, 0.2) is 0 Å². The Morgan fingerprint density at radius 2 is 2.07 bits per heavy atom. The zero-order valence-electron chi connectivity index (χ0n) is 18.4. The summed E-state index contributed by atoms with van der Waals surface area (Å²) < 4.78 is 12.7. The first-order chi connectivity index (χ1) is 14.5. The lowest BCUT2D eigenvalue weighted by atomic mass is 10.0. The first-order valence-corrected chi connectivity index (χ1v) is 10.7. The van der Waals surface area contributed by atoms with Crippen molar-refractivity contribution >= 4 is 11.7 Å². The van der Waals surface area contributed by atoms with Crippen LogP contribution in [0.25, 0.3) is 5.95 Å². The number of nitrogens with one attached hydrogen (secondary N) is 2. The van der Waals surface area contributed by atoms with E-state index in [1.807, 2.05) is 13.8 Å². The Bertz CT molecular complexity index is 751. The van der Waals surface area contributed by atoms with Crippen LogP contribution >= 0.6 is 0 Å². The summed E-state index contributed by atoms with van der Waals surface area (Å²) in [5, 5.41) is 6.26. The molecule has 2 aromatic heterocycles. The Kier molecular flexibility index (Phi) is 10.1. The molecule has 0 aliphatic heterocycles. The molecule has 0 saturated carbocycles. The number of carbonyl (C=O) groups excluding carboxylic acids is 1. The summed E-state index contributed by atoms with van der Waals surface area (Å²) >= 11 is 0. The van der Waals surface area contributed by atoms with Crippen molar-refractivity contribution in [3.63, 3.8) is 0 Å². The molecule has 2 rings (SSSR count). The van der Waals surface area contributed by atoms with Crippen molar-refractivity contribution in [2.24, 2.45) is 5.92 Å². The van der Waals surface area contributed by atoms with Crippen LogP contribution < -0.4 is 15.4 Å². The molecule has 0 aromatic carbocycles. The predicted octanol–water partition coefficient (Wildman–Crippen LogP) is 2.82. The second kappa shape index (κ2) is 12.8. The molecule has 0 fully saturated rings. The van der Waals surface area contributed by atoms with Crippen LogP contribution in [-0.2, 0) is 9.53 Å². The summed E-state index contributed by atoms with van der Waals surface area (Å²) in [5.41, 5.74) is 0. The standard InChI is InChI=1S/C21H34N6O3/c1-5-11-30-19-14-18(25-21(26-19)27-10-9-22-15-27)24-17(13-16(3)4)20(28)23-8-7-12-29-6-2/h9-10,14-17H,5-8,11-13H2,1-4H3,(H,23,28)(H,24,25,26). The third-order valence-corrected chi connectivity index (χ3v) is 4.19. The van der Waals surface area contributed by atoms with Crippen molar-refractivity contribution in [1.82, 2.24) is 24.8 Å². The van der Waals surface area contributed by atoms with E-state index in [2.05, 4.69) is 39.4 Å². The van der Waals surface area contributed by atoms with Crippen molar-refractivity contribution in [1.29, 1.82) is 0 Å². The number of hydrogen-bond acceptors (Lipinski definition) is 7. The third-order valence-electron chi connectivity index (χ3n) is 4.19. The Hall–Kier alpha value is -2.68. The normalized spacial score (nSPS) is 12.0. The molecule has 2 N–H and O–H groups in total. The number of imidazole rings is 1. The summed E-state index contributed by atoms with van der Waals surface area (Å²) in [7, 11) is 0. The molecule has 30 heavy (non-hydrogen) atoms. The SMILES string of the molecule is CCCOc1cc(NC(CC(C)C)C(=O)NCCCOCC)nc(-n2ccnc2)n1. The van der Waals surface area contributed by atoms with Gasteiger partial charge in [0, 0.05) is 38.2 Å². The van der Waals surface area contributed by atoms with Crippen LogP contribution in [0.5, 0.6) is 5.88 Å². The van der Waals surface area contributed by atoms with Gasteiger partial charge >= 0.3 is 0 Å². The molecule has 0 aliphatic rings. The highest BCUT2D eigenvalue weighted by Crippen LogP contribution is 2.19. The maximum Gasteiger partial charge on any atom is 0.242 e. The van der Waals surface area contributed by atoms with Crippen molar-refractivity contribution in [3.05, 3.63) is 24.8 Å². The highest BCUT2D eigenvalue weighted by Gasteiger charge is 2.21. The van der Waals surface area contributed by atoms with Gasteiger partial charge in [0.25, 0.3) is 0 Å². The van der Waals surface area contributed by atoms with Gasteiger partial charge in [0.05, 0.1) is 6.61 Å². The van der Waals surface area contributed by atoms with Crippen molar-refractivity contribution in [2.75, 3.05) is 31.7 Å². The number of nitrogens with zero attached hydrogens (tertiary/aromatic N) is 4. The van der Waals surface area contributed by atoms with E-state index in [9.17, 15) is 4.79 Å². The smallest absolute Gasteiger partial charge is 0.242 e. The Labute approximate surface area is 178 Å². The van der Waals surface area contributed by atoms with E-state index in [0.717, 1.165) is 12.8 Å². The molecule has 2 heterocycles. The van der Waals surface area contributed by atoms with Crippen LogP contribution in [0.3, 0.4) is 0 Å². The van der Waals surface area contributed by atoms with Gasteiger partial charge in [-0.1, -0.05) is 20.8 Å². The van der Waals surface area contributed by atoms with E-state index in [1.54, 1.807) is 29.4 Å². The minimum atomic E-state index is -0.415. The van der Waals surface area contributed by atoms with Gasteiger partial charge in [-0.05, 0) is 32.1 Å². The number of hydrogen-bond donors (Lipinski definition) is 2. The molecular formula is C21H34N6O3. The minimum Gasteiger partial charge on any atom is -0.477 e. The fourth-order valence-electron chi connectivity index (χ4n) is 2.79. The number of rotatable bonds is 14. The topological polar surface area (TPSA) is 103 Å². The first kappa shape index (κ1) is 23.6. The molecule has 0 spiro atoms. The summed E-state index contributed by atoms with van der Waals surface area (Å²) in [4.78, 5) is 25.8. The van der Waals surface area contributed by atoms with Gasteiger partial charge in [-0.15, -0.1) is 0 Å². The van der Waals surface area contributed by atoms with Crippen LogP contribution in [0.1, 0.15) is 47.0 Å². The summed E-state index contributed by atoms with van der Waals surface area (Å²) in [5.74, 6) is 1.71. The molecule has 166 valence electrons. The molecule has 0 bridgehead atoms. The Morgan fingerprint density at radius 3 is 2.73 bits per heavy atom. The molecule has 0 saturated heterocycles. The van der Waals surface area contributed by atoms with E-state index in [0.29, 0.717) is 56.4 Å². The Morgan fingerprint density at radius 1 is 1.23 bits per heavy atom. The van der Waals surface area contributed by atoms with Crippen LogP contribution in [0.2, 0.25) is 0 Å². The predicted molar refractivity (Wildman–Crippen MR) is 116 cm³/mol. The average Bonchev–Trinajstić information content (AvgIpc) is 3.26. The number of amides is 1. The zero-order chi connectivity index (χ0) is 21.8. The highest BCUT2D eigenvalue weighted by atomic mass is 16.5. The van der Waals surface area contributed by atoms with Crippen LogP contribution in [0, 0.1) is 5.92 Å². The number of carbonyl (C=O) groups is 1. The van der Waals surface area contributed by atoms with Crippen LogP contribution in [-0.4, -0.2) is 57.8 Å². The molecule has 1 atom stereocenters. The third kappa shape index (κ3) is 7.98. The number of aromatic nitrogens is 4. The lowest BCUT2D eigenvalue weighted by Gasteiger charge is -2.21. The van der Waals surface area contributed by atoms with Gasteiger partial charge in [0.1, 0.15) is 18.2 Å². The number of ether oxygens (including phenoxy) is 2. The second-order valence-corrected chi connectivity index (χ2v) is 7.38. The van der Waals surface area contributed by atoms with E-state index < -0.39 is 6.04 Å². The Balaban J connectivity index is 2.14. The van der Waals surface area contributed by atoms with Gasteiger partial charge in [0.2, 0.25) is 17.7 Å². The summed E-state index contributed by atoms with van der Waals surface area (Å²) in [6, 6.07) is 1.31. The van der Waals surface area contributed by atoms with E-state index in [-0.39, 0.29) is 5.91 Å². The molecule has 9 nitrogen and oxygen atoms in total. The van der Waals surface area contributed by atoms with Gasteiger partial charge in [-0.3, -0.25) is 9.36 Å². The molecule has 2 aromatic rings. The number of anilines is 1. The van der Waals surface area contributed by atoms with Crippen LogP contribution in [0.4, 0.5) is 5.82 Å². The van der Waals surface area contributed by atoms with Crippen molar-refractivity contribution in [3.8, 4) is 11.8 Å². The maximum atomic E-state index is 12.8. The average molecular weight is 419 g/mol. The highest BCUT2D eigenvalue weighted by molar-refractivity contribution is 5.84. The molecule has 1 amide bonds. The molecule has 1 unspecified atom stereocenters. The lowest BCUT2D eigenvalue weighted by molar-refractivity contribution is -0.122. The molecular weight excluding hydrogens is 384 g/mol. The monoisotopic (exact) mass is 418 g/mol. The summed E-state index contributed by atoms with van der Waals surface area (Å²) in [6.07, 6.45) is 7.37. The summed E-state index contributed by atoms with van der Waals surface area (Å²) in [6.45, 7) is 10.6. The largest absolute Gasteiger partial charge is 0.477 e. The van der Waals surface area contributed by atoms with Gasteiger partial charge < -0.3 is 20.1 Å². The van der Waals surface area contributed by atoms with Gasteiger partial charge in [-0.2, -0.15) is 9.97 Å². The van der Waals surface area contributed by atoms with Crippen molar-refractivity contribution < 1.29 is 14.3 Å². The van der Waals surface area contributed by atoms with E-state index >= 15 is 0 Å². The lowest BCUT2D eigenvalue weighted by Crippen LogP contribution is -2.41. The second-order valence-electron chi connectivity index (χ2n) is 7.38. The maximum absolute atomic E-state index is 12.8. The van der Waals surface area contributed by atoms with Crippen LogP contribution in [0.15, 0.2) is 24.8 Å². The molecule has 9 heteroatoms. The van der Waals surface area contributed by atoms with E-state index in [4.69, 9.17) is 9.47 Å². The quantitative estimate of drug-likeness (QED) is 0.455. The van der Waals surface area contributed by atoms with E-state index in [1.165, 1.54) is 0 Å².